The van der Waals surface area contributed by atoms with E-state index in [1.165, 1.54) is 19.3 Å². The van der Waals surface area contributed by atoms with Crippen LogP contribution < -0.4 is 0 Å². The number of benzene rings is 1. The smallest absolute Gasteiger partial charge is 0.339 e. The zero-order valence-electron chi connectivity index (χ0n) is 18.1. The van der Waals surface area contributed by atoms with E-state index < -0.39 is 0 Å². The molecular weight excluding hydrogens is 374 g/mol. The third kappa shape index (κ3) is 4.64. The number of unbranched alkanes of at least 4 members (excludes halogenated alkanes) is 4. The number of carbonyl (C=O) groups is 2. The molecule has 158 valence electrons. The number of carbonyl (C=O) groups excluding carboxylic acids is 2. The highest BCUT2D eigenvalue weighted by atomic mass is 16.5. The maximum absolute atomic E-state index is 13.2. The lowest BCUT2D eigenvalue weighted by Crippen LogP contribution is -2.12. The highest BCUT2D eigenvalue weighted by Crippen LogP contribution is 2.31. The average Bonchev–Trinajstić information content (AvgIpc) is 3.34. The number of allylic oxidation sites excluding steroid dienone is 1. The van der Waals surface area contributed by atoms with Gasteiger partial charge in [0.05, 0.1) is 23.6 Å². The normalized spacial score (nSPS) is 12.4. The van der Waals surface area contributed by atoms with Crippen LogP contribution in [-0.4, -0.2) is 22.9 Å². The van der Waals surface area contributed by atoms with E-state index >= 15 is 0 Å². The Hall–Kier alpha value is -2.88. The number of ether oxygens (including phenoxy) is 1. The van der Waals surface area contributed by atoms with Crippen LogP contribution >= 0.6 is 0 Å². The molecule has 4 heteroatoms. The van der Waals surface area contributed by atoms with E-state index in [-0.39, 0.29) is 11.8 Å². The molecule has 0 fully saturated rings. The molecule has 1 aromatic heterocycles. The van der Waals surface area contributed by atoms with Crippen molar-refractivity contribution in [2.24, 2.45) is 0 Å². The van der Waals surface area contributed by atoms with Gasteiger partial charge in [0.15, 0.2) is 0 Å². The summed E-state index contributed by atoms with van der Waals surface area (Å²) >= 11 is 0. The lowest BCUT2D eigenvalue weighted by molar-refractivity contribution is -0.136. The summed E-state index contributed by atoms with van der Waals surface area (Å²) in [6.45, 7) is 8.93. The molecule has 1 aliphatic rings. The Labute approximate surface area is 179 Å². The van der Waals surface area contributed by atoms with E-state index in [1.807, 2.05) is 47.9 Å². The van der Waals surface area contributed by atoms with E-state index in [9.17, 15) is 9.59 Å². The summed E-state index contributed by atoms with van der Waals surface area (Å²) in [5, 5.41) is 0. The molecular formula is C26H31NO3. The van der Waals surface area contributed by atoms with Gasteiger partial charge in [-0.05, 0) is 36.1 Å². The van der Waals surface area contributed by atoms with Crippen LogP contribution in [0.3, 0.4) is 0 Å². The molecule has 2 heterocycles. The van der Waals surface area contributed by atoms with Crippen molar-refractivity contribution >= 4 is 23.4 Å². The van der Waals surface area contributed by atoms with Crippen molar-refractivity contribution in [1.82, 2.24) is 4.57 Å². The van der Waals surface area contributed by atoms with Gasteiger partial charge < -0.3 is 9.30 Å². The molecule has 0 N–H and O–H groups in total. The molecule has 0 amide bonds. The first-order valence-corrected chi connectivity index (χ1v) is 11.0. The van der Waals surface area contributed by atoms with Crippen LogP contribution in [0.25, 0.3) is 11.6 Å². The van der Waals surface area contributed by atoms with Crippen LogP contribution in [-0.2, 0) is 22.5 Å². The van der Waals surface area contributed by atoms with E-state index in [2.05, 4.69) is 13.5 Å². The molecule has 0 bridgehead atoms. The minimum atomic E-state index is -0.293. The molecule has 0 unspecified atom stereocenters. The highest BCUT2D eigenvalue weighted by molar-refractivity contribution is 6.18. The SMILES string of the molecule is C=Cc1ccc(C(=O)c2c(CC)cc3n2CC=C3C(=O)OCCCCCCC)cc1. The maximum Gasteiger partial charge on any atom is 0.339 e. The molecule has 0 atom stereocenters. The lowest BCUT2D eigenvalue weighted by Gasteiger charge is -2.09. The molecule has 0 saturated carbocycles. The Balaban J connectivity index is 1.73. The summed E-state index contributed by atoms with van der Waals surface area (Å²) in [5.74, 6) is -0.314. The molecule has 0 saturated heterocycles. The highest BCUT2D eigenvalue weighted by Gasteiger charge is 2.29. The van der Waals surface area contributed by atoms with Crippen LogP contribution in [0.1, 0.15) is 78.8 Å². The number of hydrogen-bond acceptors (Lipinski definition) is 3. The van der Waals surface area contributed by atoms with Crippen LogP contribution in [0, 0.1) is 0 Å². The van der Waals surface area contributed by atoms with Crippen molar-refractivity contribution in [2.45, 2.75) is 58.9 Å². The molecule has 3 rings (SSSR count). The zero-order chi connectivity index (χ0) is 21.5. The summed E-state index contributed by atoms with van der Waals surface area (Å²) in [7, 11) is 0. The number of aryl methyl sites for hydroxylation is 1. The van der Waals surface area contributed by atoms with E-state index in [4.69, 9.17) is 4.74 Å². The van der Waals surface area contributed by atoms with Crippen LogP contribution in [0.5, 0.6) is 0 Å². The second-order valence-corrected chi connectivity index (χ2v) is 7.69. The molecule has 1 aromatic carbocycles. The van der Waals surface area contributed by atoms with E-state index in [0.29, 0.717) is 30.0 Å². The second-order valence-electron chi connectivity index (χ2n) is 7.69. The third-order valence-electron chi connectivity index (χ3n) is 5.64. The van der Waals surface area contributed by atoms with Gasteiger partial charge in [0.2, 0.25) is 5.78 Å². The Morgan fingerprint density at radius 3 is 2.50 bits per heavy atom. The maximum atomic E-state index is 13.2. The first-order chi connectivity index (χ1) is 14.6. The fraction of sp³-hybridized carbons (Fsp3) is 0.385. The van der Waals surface area contributed by atoms with Crippen LogP contribution in [0.2, 0.25) is 0 Å². The van der Waals surface area contributed by atoms with Gasteiger partial charge in [-0.2, -0.15) is 0 Å². The fourth-order valence-electron chi connectivity index (χ4n) is 3.89. The third-order valence-corrected chi connectivity index (χ3v) is 5.64. The summed E-state index contributed by atoms with van der Waals surface area (Å²) in [6.07, 6.45) is 9.93. The van der Waals surface area contributed by atoms with Crippen LogP contribution in [0.4, 0.5) is 0 Å². The number of hydrogen-bond donors (Lipinski definition) is 0. The molecule has 2 aromatic rings. The first-order valence-electron chi connectivity index (χ1n) is 11.0. The van der Waals surface area contributed by atoms with Gasteiger partial charge in [0, 0.05) is 12.1 Å². The van der Waals surface area contributed by atoms with Gasteiger partial charge in [0.1, 0.15) is 0 Å². The van der Waals surface area contributed by atoms with Gasteiger partial charge in [-0.25, -0.2) is 4.79 Å². The van der Waals surface area contributed by atoms with Crippen molar-refractivity contribution in [3.05, 3.63) is 71.1 Å². The number of fused-ring (bicyclic) bond motifs is 1. The number of rotatable bonds is 11. The Kier molecular flexibility index (Phi) is 7.45. The number of aromatic nitrogens is 1. The van der Waals surface area contributed by atoms with Gasteiger partial charge in [0.25, 0.3) is 0 Å². The topological polar surface area (TPSA) is 48.3 Å². The number of esters is 1. The minimum Gasteiger partial charge on any atom is -0.462 e. The quantitative estimate of drug-likeness (QED) is 0.268. The van der Waals surface area contributed by atoms with Crippen LogP contribution in [0.15, 0.2) is 43.0 Å². The largest absolute Gasteiger partial charge is 0.462 e. The Morgan fingerprint density at radius 2 is 1.83 bits per heavy atom. The number of nitrogens with zero attached hydrogens (tertiary/aromatic N) is 1. The molecule has 0 aliphatic carbocycles. The van der Waals surface area contributed by atoms with Gasteiger partial charge in [-0.1, -0.05) is 76.5 Å². The first kappa shape index (κ1) is 21.8. The van der Waals surface area contributed by atoms with E-state index in [1.54, 1.807) is 6.08 Å². The average molecular weight is 406 g/mol. The Bertz CT molecular complexity index is 947. The lowest BCUT2D eigenvalue weighted by atomic mass is 10.0. The Morgan fingerprint density at radius 1 is 1.10 bits per heavy atom. The summed E-state index contributed by atoms with van der Waals surface area (Å²) in [6, 6.07) is 9.40. The predicted octanol–water partition coefficient (Wildman–Crippen LogP) is 5.84. The van der Waals surface area contributed by atoms with Gasteiger partial charge >= 0.3 is 5.97 Å². The van der Waals surface area contributed by atoms with Crippen molar-refractivity contribution in [3.63, 3.8) is 0 Å². The van der Waals surface area contributed by atoms with Crippen molar-refractivity contribution < 1.29 is 14.3 Å². The van der Waals surface area contributed by atoms with Crippen molar-refractivity contribution in [3.8, 4) is 0 Å². The summed E-state index contributed by atoms with van der Waals surface area (Å²) in [5.41, 5.74) is 4.59. The summed E-state index contributed by atoms with van der Waals surface area (Å²) < 4.78 is 7.45. The number of ketones is 1. The summed E-state index contributed by atoms with van der Waals surface area (Å²) in [4.78, 5) is 25.9. The van der Waals surface area contributed by atoms with Crippen molar-refractivity contribution in [1.29, 1.82) is 0 Å². The fourth-order valence-corrected chi connectivity index (χ4v) is 3.89. The molecule has 0 spiro atoms. The van der Waals surface area contributed by atoms with E-state index in [0.717, 1.165) is 36.1 Å². The molecule has 1 aliphatic heterocycles. The monoisotopic (exact) mass is 405 g/mol. The minimum absolute atomic E-state index is 0.0207. The van der Waals surface area contributed by atoms with Crippen molar-refractivity contribution in [2.75, 3.05) is 6.61 Å². The standard InChI is InChI=1S/C26H31NO3/c1-4-7-8-9-10-17-30-26(29)22-15-16-27-23(22)18-20(6-3)24(27)25(28)21-13-11-19(5-2)12-14-21/h5,11-15,18H,2,4,6-10,16-17H2,1,3H3. The predicted molar refractivity (Wildman–Crippen MR) is 121 cm³/mol. The second kappa shape index (κ2) is 10.2. The molecule has 4 nitrogen and oxygen atoms in total. The van der Waals surface area contributed by atoms with Gasteiger partial charge in [-0.15, -0.1) is 0 Å². The molecule has 0 radical (unpaired) electrons. The van der Waals surface area contributed by atoms with Gasteiger partial charge in [-0.3, -0.25) is 4.79 Å². The zero-order valence-corrected chi connectivity index (χ0v) is 18.1. The molecule has 30 heavy (non-hydrogen) atoms.